The third kappa shape index (κ3) is 2.13. The fourth-order valence-electron chi connectivity index (χ4n) is 3.07. The van der Waals surface area contributed by atoms with Crippen molar-refractivity contribution < 1.29 is 9.53 Å². The van der Waals surface area contributed by atoms with E-state index in [2.05, 4.69) is 20.8 Å². The molecule has 3 aromatic rings. The molecule has 0 bridgehead atoms. The third-order valence-electron chi connectivity index (χ3n) is 4.21. The Kier molecular flexibility index (Phi) is 3.26. The second-order valence-electron chi connectivity index (χ2n) is 5.61. The van der Waals surface area contributed by atoms with Crippen molar-refractivity contribution in [2.75, 3.05) is 12.4 Å². The van der Waals surface area contributed by atoms with Gasteiger partial charge in [0, 0.05) is 5.70 Å². The van der Waals surface area contributed by atoms with Gasteiger partial charge in [-0.1, -0.05) is 41.5 Å². The smallest absolute Gasteiger partial charge is 0.338 e. The number of aromatic nitrogens is 4. The molecule has 0 fully saturated rings. The maximum atomic E-state index is 12.4. The number of rotatable bonds is 2. The number of ether oxygens (including phenoxy) is 1. The summed E-state index contributed by atoms with van der Waals surface area (Å²) in [7, 11) is 1.37. The van der Waals surface area contributed by atoms with Gasteiger partial charge in [0.05, 0.1) is 12.7 Å². The van der Waals surface area contributed by atoms with Gasteiger partial charge in [0.1, 0.15) is 6.04 Å². The molecule has 7 nitrogen and oxygen atoms in total. The molecule has 0 saturated carbocycles. The van der Waals surface area contributed by atoms with Crippen LogP contribution in [0.1, 0.15) is 18.5 Å². The van der Waals surface area contributed by atoms with E-state index in [0.717, 1.165) is 16.3 Å². The van der Waals surface area contributed by atoms with Crippen LogP contribution < -0.4 is 5.32 Å². The van der Waals surface area contributed by atoms with Crippen molar-refractivity contribution in [1.82, 2.24) is 20.2 Å². The highest BCUT2D eigenvalue weighted by Crippen LogP contribution is 2.35. The van der Waals surface area contributed by atoms with Crippen LogP contribution >= 0.6 is 0 Å². The zero-order valence-corrected chi connectivity index (χ0v) is 13.2. The Morgan fingerprint density at radius 3 is 2.79 bits per heavy atom. The summed E-state index contributed by atoms with van der Waals surface area (Å²) in [6.45, 7) is 1.82. The fourth-order valence-corrected chi connectivity index (χ4v) is 3.07. The van der Waals surface area contributed by atoms with E-state index < -0.39 is 12.0 Å². The number of nitrogens with one attached hydrogen (secondary N) is 1. The number of anilines is 1. The van der Waals surface area contributed by atoms with Gasteiger partial charge in [0.15, 0.2) is 0 Å². The number of benzene rings is 2. The Balaban J connectivity index is 1.93. The molecule has 4 rings (SSSR count). The molecule has 0 amide bonds. The first kappa shape index (κ1) is 14.4. The minimum atomic E-state index is -0.437. The van der Waals surface area contributed by atoms with Gasteiger partial charge < -0.3 is 10.1 Å². The van der Waals surface area contributed by atoms with E-state index in [4.69, 9.17) is 4.74 Å². The molecule has 1 aliphatic heterocycles. The lowest BCUT2D eigenvalue weighted by Gasteiger charge is -2.27. The number of allylic oxidation sites excluding steroid dienone is 1. The quantitative estimate of drug-likeness (QED) is 0.729. The van der Waals surface area contributed by atoms with Gasteiger partial charge in [0.2, 0.25) is 5.95 Å². The molecule has 0 spiro atoms. The summed E-state index contributed by atoms with van der Waals surface area (Å²) in [6, 6.07) is 13.7. The first-order valence-corrected chi connectivity index (χ1v) is 7.51. The van der Waals surface area contributed by atoms with Gasteiger partial charge in [-0.25, -0.2) is 4.79 Å². The molecular formula is C17H15N5O2. The van der Waals surface area contributed by atoms with E-state index in [1.165, 1.54) is 7.11 Å². The van der Waals surface area contributed by atoms with Crippen molar-refractivity contribution >= 4 is 22.7 Å². The number of carbonyl (C=O) groups excluding carboxylic acids is 1. The van der Waals surface area contributed by atoms with Crippen LogP contribution in [0.4, 0.5) is 5.95 Å². The molecule has 1 aromatic heterocycles. The van der Waals surface area contributed by atoms with Gasteiger partial charge in [-0.15, -0.1) is 0 Å². The normalized spacial score (nSPS) is 16.7. The van der Waals surface area contributed by atoms with Gasteiger partial charge >= 0.3 is 5.97 Å². The van der Waals surface area contributed by atoms with Crippen molar-refractivity contribution in [3.8, 4) is 0 Å². The molecule has 1 N–H and O–H groups in total. The second-order valence-corrected chi connectivity index (χ2v) is 5.61. The molecule has 2 heterocycles. The van der Waals surface area contributed by atoms with E-state index in [1.54, 1.807) is 4.68 Å². The highest BCUT2D eigenvalue weighted by Gasteiger charge is 2.34. The van der Waals surface area contributed by atoms with Crippen LogP contribution in [0.5, 0.6) is 0 Å². The molecule has 7 heteroatoms. The molecule has 24 heavy (non-hydrogen) atoms. The van der Waals surface area contributed by atoms with Crippen LogP contribution in [0.15, 0.2) is 53.7 Å². The van der Waals surface area contributed by atoms with E-state index in [9.17, 15) is 4.79 Å². The minimum Gasteiger partial charge on any atom is -0.466 e. The number of hydrogen-bond acceptors (Lipinski definition) is 6. The largest absolute Gasteiger partial charge is 0.466 e. The molecule has 120 valence electrons. The highest BCUT2D eigenvalue weighted by atomic mass is 16.5. The van der Waals surface area contributed by atoms with Crippen LogP contribution in [0, 0.1) is 0 Å². The van der Waals surface area contributed by atoms with Crippen molar-refractivity contribution in [3.05, 3.63) is 59.3 Å². The molecular weight excluding hydrogens is 306 g/mol. The molecule has 2 aromatic carbocycles. The zero-order valence-electron chi connectivity index (χ0n) is 13.2. The maximum absolute atomic E-state index is 12.4. The van der Waals surface area contributed by atoms with E-state index in [-0.39, 0.29) is 0 Å². The maximum Gasteiger partial charge on any atom is 0.338 e. The molecule has 0 aliphatic carbocycles. The van der Waals surface area contributed by atoms with Crippen LogP contribution in [0.3, 0.4) is 0 Å². The van der Waals surface area contributed by atoms with Crippen molar-refractivity contribution in [2.45, 2.75) is 13.0 Å². The number of hydrogen-bond donors (Lipinski definition) is 1. The highest BCUT2D eigenvalue weighted by molar-refractivity contribution is 5.93. The number of esters is 1. The number of tetrazole rings is 1. The summed E-state index contributed by atoms with van der Waals surface area (Å²) in [5.74, 6) is 0.0950. The molecule has 0 saturated heterocycles. The summed E-state index contributed by atoms with van der Waals surface area (Å²) < 4.78 is 6.57. The monoisotopic (exact) mass is 321 g/mol. The van der Waals surface area contributed by atoms with Gasteiger partial charge in [0.25, 0.3) is 0 Å². The first-order chi connectivity index (χ1) is 11.7. The van der Waals surface area contributed by atoms with Crippen LogP contribution in [0.2, 0.25) is 0 Å². The molecule has 1 atom stereocenters. The van der Waals surface area contributed by atoms with E-state index in [0.29, 0.717) is 17.2 Å². The van der Waals surface area contributed by atoms with Gasteiger partial charge in [-0.2, -0.15) is 4.68 Å². The number of nitrogens with zero attached hydrogens (tertiary/aromatic N) is 4. The van der Waals surface area contributed by atoms with Gasteiger partial charge in [-0.3, -0.25) is 0 Å². The predicted molar refractivity (Wildman–Crippen MR) is 88.2 cm³/mol. The summed E-state index contributed by atoms with van der Waals surface area (Å²) in [6.07, 6.45) is 0. The summed E-state index contributed by atoms with van der Waals surface area (Å²) in [4.78, 5) is 12.4. The lowest BCUT2D eigenvalue weighted by Crippen LogP contribution is -2.29. The zero-order chi connectivity index (χ0) is 16.7. The number of carbonyl (C=O) groups is 1. The average molecular weight is 321 g/mol. The van der Waals surface area contributed by atoms with Crippen molar-refractivity contribution in [2.24, 2.45) is 0 Å². The van der Waals surface area contributed by atoms with Crippen molar-refractivity contribution in [1.29, 1.82) is 0 Å². The molecule has 0 radical (unpaired) electrons. The SMILES string of the molecule is COC(=O)C1=C(C)Nc2nnnn2[C@H]1c1ccc2ccccc2c1. The Hall–Kier alpha value is -3.22. The summed E-state index contributed by atoms with van der Waals surface area (Å²) >= 11 is 0. The molecule has 1 aliphatic rings. The molecule has 0 unspecified atom stereocenters. The predicted octanol–water partition coefficient (Wildman–Crippen LogP) is 2.29. The minimum absolute atomic E-state index is 0.403. The number of methoxy groups -OCH3 is 1. The fraction of sp³-hybridized carbons (Fsp3) is 0.176. The Bertz CT molecular complexity index is 976. The van der Waals surface area contributed by atoms with Gasteiger partial charge in [-0.05, 0) is 39.8 Å². The Labute approximate surface area is 137 Å². The first-order valence-electron chi connectivity index (χ1n) is 7.51. The average Bonchev–Trinajstić information content (AvgIpc) is 3.07. The second kappa shape index (κ2) is 5.45. The lowest BCUT2D eigenvalue weighted by atomic mass is 9.94. The van der Waals surface area contributed by atoms with Crippen molar-refractivity contribution in [3.63, 3.8) is 0 Å². The van der Waals surface area contributed by atoms with Crippen LogP contribution in [-0.2, 0) is 9.53 Å². The topological polar surface area (TPSA) is 81.9 Å². The van der Waals surface area contributed by atoms with Crippen LogP contribution in [0.25, 0.3) is 10.8 Å². The van der Waals surface area contributed by atoms with E-state index >= 15 is 0 Å². The Morgan fingerprint density at radius 2 is 2.00 bits per heavy atom. The van der Waals surface area contributed by atoms with Crippen LogP contribution in [-0.4, -0.2) is 33.3 Å². The lowest BCUT2D eigenvalue weighted by molar-refractivity contribution is -0.136. The number of fused-ring (bicyclic) bond motifs is 2. The third-order valence-corrected chi connectivity index (χ3v) is 4.21. The summed E-state index contributed by atoms with van der Waals surface area (Å²) in [5.41, 5.74) is 2.10. The summed E-state index contributed by atoms with van der Waals surface area (Å²) in [5, 5.41) is 17.0. The Morgan fingerprint density at radius 1 is 1.21 bits per heavy atom. The van der Waals surface area contributed by atoms with E-state index in [1.807, 2.05) is 49.4 Å². The standard InChI is InChI=1S/C17H15N5O2/c1-10-14(16(23)24-2)15(22-17(18-10)19-20-21-22)13-8-7-11-5-3-4-6-12(11)9-13/h3-9,15H,1-2H3,(H,18,19,21)/t15-/m0/s1.